The fourth-order valence-corrected chi connectivity index (χ4v) is 3.74. The van der Waals surface area contributed by atoms with Crippen LogP contribution in [0.5, 0.6) is 0 Å². The molecular weight excluding hydrogens is 384 g/mol. The predicted molar refractivity (Wildman–Crippen MR) is 110 cm³/mol. The second kappa shape index (κ2) is 10.1. The summed E-state index contributed by atoms with van der Waals surface area (Å²) in [4.78, 5) is 37.5. The maximum atomic E-state index is 12.7. The second-order valence-electron chi connectivity index (χ2n) is 7.55. The van der Waals surface area contributed by atoms with Crippen LogP contribution >= 0.6 is 0 Å². The SMILES string of the molecule is COC(=O)[C@@H]1C[C@H](OC(=O)C2=CC(C)C=CC=C2)C[C@H]1C(=O)OCc1ccccc1. The molecule has 30 heavy (non-hydrogen) atoms. The van der Waals surface area contributed by atoms with Crippen LogP contribution in [0.25, 0.3) is 0 Å². The first-order chi connectivity index (χ1) is 14.5. The molecule has 4 atom stereocenters. The minimum absolute atomic E-state index is 0.106. The van der Waals surface area contributed by atoms with Crippen LogP contribution in [0.1, 0.15) is 25.3 Å². The summed E-state index contributed by atoms with van der Waals surface area (Å²) in [6.45, 7) is 2.09. The first kappa shape index (κ1) is 21.6. The Bertz CT molecular complexity index is 867. The van der Waals surface area contributed by atoms with Gasteiger partial charge in [0.05, 0.1) is 24.5 Å². The Labute approximate surface area is 176 Å². The second-order valence-corrected chi connectivity index (χ2v) is 7.55. The maximum absolute atomic E-state index is 12.7. The van der Waals surface area contributed by atoms with Gasteiger partial charge in [-0.1, -0.05) is 61.6 Å². The fraction of sp³-hybridized carbons (Fsp3) is 0.375. The summed E-state index contributed by atoms with van der Waals surface area (Å²) in [7, 11) is 1.28. The molecule has 1 aromatic rings. The average Bonchev–Trinajstić information content (AvgIpc) is 3.05. The molecule has 1 unspecified atom stereocenters. The van der Waals surface area contributed by atoms with Gasteiger partial charge < -0.3 is 14.2 Å². The van der Waals surface area contributed by atoms with E-state index >= 15 is 0 Å². The first-order valence-corrected chi connectivity index (χ1v) is 10.0. The van der Waals surface area contributed by atoms with Gasteiger partial charge in [-0.15, -0.1) is 0 Å². The molecule has 1 aromatic carbocycles. The van der Waals surface area contributed by atoms with E-state index < -0.39 is 35.8 Å². The highest BCUT2D eigenvalue weighted by molar-refractivity contribution is 5.92. The predicted octanol–water partition coefficient (Wildman–Crippen LogP) is 3.53. The van der Waals surface area contributed by atoms with E-state index in [1.54, 1.807) is 12.2 Å². The lowest BCUT2D eigenvalue weighted by molar-refractivity contribution is -0.158. The number of hydrogen-bond acceptors (Lipinski definition) is 6. The molecule has 0 N–H and O–H groups in total. The number of carbonyl (C=O) groups excluding carboxylic acids is 3. The third kappa shape index (κ3) is 5.47. The van der Waals surface area contributed by atoms with E-state index in [9.17, 15) is 14.4 Å². The maximum Gasteiger partial charge on any atom is 0.338 e. The summed E-state index contributed by atoms with van der Waals surface area (Å²) in [5, 5.41) is 0. The third-order valence-corrected chi connectivity index (χ3v) is 5.30. The van der Waals surface area contributed by atoms with Crippen molar-refractivity contribution in [1.82, 2.24) is 0 Å². The zero-order valence-corrected chi connectivity index (χ0v) is 17.2. The van der Waals surface area contributed by atoms with Crippen molar-refractivity contribution >= 4 is 17.9 Å². The van der Waals surface area contributed by atoms with E-state index in [0.29, 0.717) is 5.57 Å². The summed E-state index contributed by atoms with van der Waals surface area (Å²) < 4.78 is 15.9. The van der Waals surface area contributed by atoms with Gasteiger partial charge in [0.25, 0.3) is 0 Å². The van der Waals surface area contributed by atoms with Crippen molar-refractivity contribution in [2.45, 2.75) is 32.5 Å². The summed E-state index contributed by atoms with van der Waals surface area (Å²) in [6.07, 6.45) is 9.05. The van der Waals surface area contributed by atoms with Crippen molar-refractivity contribution in [1.29, 1.82) is 0 Å². The molecule has 0 saturated heterocycles. The highest BCUT2D eigenvalue weighted by Crippen LogP contribution is 2.36. The van der Waals surface area contributed by atoms with Gasteiger partial charge in [-0.05, 0) is 30.4 Å². The normalized spacial score (nSPS) is 25.2. The Morgan fingerprint density at radius 3 is 2.40 bits per heavy atom. The smallest absolute Gasteiger partial charge is 0.338 e. The number of ether oxygens (including phenoxy) is 3. The number of allylic oxidation sites excluding steroid dienone is 4. The quantitative estimate of drug-likeness (QED) is 0.527. The van der Waals surface area contributed by atoms with E-state index in [1.165, 1.54) is 7.11 Å². The zero-order chi connectivity index (χ0) is 21.5. The van der Waals surface area contributed by atoms with Crippen LogP contribution in [-0.2, 0) is 35.2 Å². The molecule has 0 amide bonds. The van der Waals surface area contributed by atoms with Crippen LogP contribution < -0.4 is 0 Å². The standard InChI is InChI=1S/C24H26O6/c1-16-8-6-7-11-18(12-16)22(25)30-19-13-20(23(26)28-2)21(14-19)24(27)29-15-17-9-4-3-5-10-17/h3-12,16,19-21H,13-15H2,1-2H3/t16?,19-,20+,21+/m0/s1. The Kier molecular flexibility index (Phi) is 7.22. The van der Waals surface area contributed by atoms with Crippen LogP contribution in [-0.4, -0.2) is 31.1 Å². The van der Waals surface area contributed by atoms with Gasteiger partial charge in [-0.2, -0.15) is 0 Å². The van der Waals surface area contributed by atoms with Crippen LogP contribution in [0.15, 0.2) is 66.3 Å². The molecule has 2 aliphatic rings. The van der Waals surface area contributed by atoms with Crippen LogP contribution in [0, 0.1) is 17.8 Å². The molecule has 158 valence electrons. The van der Waals surface area contributed by atoms with Gasteiger partial charge in [0.15, 0.2) is 0 Å². The molecule has 6 nitrogen and oxygen atoms in total. The third-order valence-electron chi connectivity index (χ3n) is 5.30. The first-order valence-electron chi connectivity index (χ1n) is 10.0. The monoisotopic (exact) mass is 410 g/mol. The number of esters is 3. The molecule has 0 heterocycles. The molecular formula is C24H26O6. The zero-order valence-electron chi connectivity index (χ0n) is 17.2. The molecule has 2 aliphatic carbocycles. The largest absolute Gasteiger partial charge is 0.469 e. The number of rotatable bonds is 6. The summed E-state index contributed by atoms with van der Waals surface area (Å²) >= 11 is 0. The van der Waals surface area contributed by atoms with E-state index in [1.807, 2.05) is 55.5 Å². The van der Waals surface area contributed by atoms with Crippen molar-refractivity contribution in [3.05, 3.63) is 71.8 Å². The molecule has 0 aliphatic heterocycles. The van der Waals surface area contributed by atoms with Gasteiger partial charge >= 0.3 is 17.9 Å². The van der Waals surface area contributed by atoms with Gasteiger partial charge in [-0.3, -0.25) is 9.59 Å². The Morgan fingerprint density at radius 1 is 1.00 bits per heavy atom. The minimum Gasteiger partial charge on any atom is -0.469 e. The van der Waals surface area contributed by atoms with Gasteiger partial charge in [0.1, 0.15) is 12.7 Å². The van der Waals surface area contributed by atoms with E-state index in [4.69, 9.17) is 14.2 Å². The van der Waals surface area contributed by atoms with Crippen molar-refractivity contribution in [2.24, 2.45) is 17.8 Å². The van der Waals surface area contributed by atoms with Crippen molar-refractivity contribution in [3.8, 4) is 0 Å². The summed E-state index contributed by atoms with van der Waals surface area (Å²) in [5.41, 5.74) is 1.31. The molecule has 6 heteroatoms. The average molecular weight is 410 g/mol. The van der Waals surface area contributed by atoms with Crippen LogP contribution in [0.3, 0.4) is 0 Å². The molecule has 0 aromatic heterocycles. The number of benzene rings is 1. The molecule has 3 rings (SSSR count). The topological polar surface area (TPSA) is 78.9 Å². The van der Waals surface area contributed by atoms with Gasteiger partial charge in [0, 0.05) is 0 Å². The van der Waals surface area contributed by atoms with Crippen molar-refractivity contribution in [2.75, 3.05) is 7.11 Å². The van der Waals surface area contributed by atoms with E-state index in [2.05, 4.69) is 0 Å². The minimum atomic E-state index is -0.710. The molecule has 1 saturated carbocycles. The van der Waals surface area contributed by atoms with E-state index in [0.717, 1.165) is 5.56 Å². The molecule has 0 bridgehead atoms. The molecule has 0 radical (unpaired) electrons. The molecule has 1 fully saturated rings. The van der Waals surface area contributed by atoms with Crippen LogP contribution in [0.2, 0.25) is 0 Å². The van der Waals surface area contributed by atoms with Crippen molar-refractivity contribution < 1.29 is 28.6 Å². The lowest BCUT2D eigenvalue weighted by Crippen LogP contribution is -2.27. The number of carbonyl (C=O) groups is 3. The summed E-state index contributed by atoms with van der Waals surface area (Å²) in [5.74, 6) is -2.75. The van der Waals surface area contributed by atoms with Crippen LogP contribution in [0.4, 0.5) is 0 Å². The van der Waals surface area contributed by atoms with Gasteiger partial charge in [-0.25, -0.2) is 4.79 Å². The summed E-state index contributed by atoms with van der Waals surface area (Å²) in [6, 6.07) is 9.31. The number of methoxy groups -OCH3 is 1. The Morgan fingerprint density at radius 2 is 1.70 bits per heavy atom. The lowest BCUT2D eigenvalue weighted by atomic mass is 9.96. The van der Waals surface area contributed by atoms with E-state index in [-0.39, 0.29) is 25.4 Å². The Balaban J connectivity index is 1.64. The fourth-order valence-electron chi connectivity index (χ4n) is 3.74. The highest BCUT2D eigenvalue weighted by Gasteiger charge is 2.46. The number of hydrogen-bond donors (Lipinski definition) is 0. The highest BCUT2D eigenvalue weighted by atomic mass is 16.6. The Hall–Kier alpha value is -3.15. The lowest BCUT2D eigenvalue weighted by Gasteiger charge is -2.15. The molecule has 0 spiro atoms. The van der Waals surface area contributed by atoms with Gasteiger partial charge in [0.2, 0.25) is 0 Å². The van der Waals surface area contributed by atoms with Crippen molar-refractivity contribution in [3.63, 3.8) is 0 Å².